The molecule has 0 aliphatic carbocycles. The predicted molar refractivity (Wildman–Crippen MR) is 79.7 cm³/mol. The monoisotopic (exact) mass is 303 g/mol. The zero-order valence-corrected chi connectivity index (χ0v) is 12.4. The van der Waals surface area contributed by atoms with Gasteiger partial charge >= 0.3 is 0 Å². The molecule has 0 fully saturated rings. The van der Waals surface area contributed by atoms with Crippen molar-refractivity contribution < 1.29 is 4.39 Å². The molecule has 0 aliphatic heterocycles. The molecule has 0 saturated heterocycles. The Kier molecular flexibility index (Phi) is 3.85. The van der Waals surface area contributed by atoms with Crippen molar-refractivity contribution in [3.05, 3.63) is 42.2 Å². The van der Waals surface area contributed by atoms with E-state index >= 15 is 0 Å². The topological polar surface area (TPSA) is 66.5 Å². The van der Waals surface area contributed by atoms with E-state index < -0.39 is 0 Å². The second kappa shape index (κ2) is 5.79. The Morgan fingerprint density at radius 2 is 2.14 bits per heavy atom. The Morgan fingerprint density at radius 3 is 2.95 bits per heavy atom. The van der Waals surface area contributed by atoms with E-state index in [-0.39, 0.29) is 11.9 Å². The van der Waals surface area contributed by atoms with Crippen LogP contribution in [0.25, 0.3) is 11.2 Å². The molecule has 0 radical (unpaired) electrons. The quantitative estimate of drug-likeness (QED) is 0.725. The van der Waals surface area contributed by atoms with Crippen LogP contribution in [0.1, 0.15) is 18.5 Å². The van der Waals surface area contributed by atoms with Crippen LogP contribution in [0.2, 0.25) is 0 Å². The molecule has 7 heteroatoms. The van der Waals surface area contributed by atoms with Gasteiger partial charge in [0.15, 0.2) is 5.65 Å². The number of aromatic nitrogens is 4. The molecule has 5 nitrogen and oxygen atoms in total. The molecule has 1 unspecified atom stereocenters. The summed E-state index contributed by atoms with van der Waals surface area (Å²) in [6.45, 7) is 1.99. The molecule has 0 aliphatic rings. The van der Waals surface area contributed by atoms with Crippen molar-refractivity contribution in [2.24, 2.45) is 0 Å². The minimum atomic E-state index is -0.258. The highest BCUT2D eigenvalue weighted by Gasteiger charge is 2.17. The van der Waals surface area contributed by atoms with E-state index in [1.54, 1.807) is 12.4 Å². The molecule has 1 atom stereocenters. The van der Waals surface area contributed by atoms with Crippen molar-refractivity contribution in [1.82, 2.24) is 25.3 Å². The number of hydrogen-bond donors (Lipinski definition) is 2. The lowest BCUT2D eigenvalue weighted by molar-refractivity contribution is 0.575. The molecule has 108 valence electrons. The molecule has 0 saturated carbocycles. The van der Waals surface area contributed by atoms with Gasteiger partial charge in [-0.05, 0) is 25.6 Å². The molecule has 2 heterocycles. The Labute approximate surface area is 125 Å². The smallest absolute Gasteiger partial charge is 0.181 e. The van der Waals surface area contributed by atoms with Gasteiger partial charge in [0.1, 0.15) is 22.7 Å². The number of imidazole rings is 1. The summed E-state index contributed by atoms with van der Waals surface area (Å²) in [5, 5.41) is 3.79. The summed E-state index contributed by atoms with van der Waals surface area (Å²) >= 11 is 1.28. The van der Waals surface area contributed by atoms with Gasteiger partial charge in [-0.3, -0.25) is 0 Å². The highest BCUT2D eigenvalue weighted by molar-refractivity contribution is 7.99. The SMILES string of the molecule is CNC(C)c1cccc(F)c1Sc1ncnc2nc[nH]c12. The maximum atomic E-state index is 14.2. The molecular weight excluding hydrogens is 289 g/mol. The first kappa shape index (κ1) is 14.0. The number of H-pyrrole nitrogens is 1. The average Bonchev–Trinajstić information content (AvgIpc) is 2.98. The fourth-order valence-electron chi connectivity index (χ4n) is 2.05. The van der Waals surface area contributed by atoms with Crippen LogP contribution in [0, 0.1) is 5.82 Å². The molecule has 1 aromatic carbocycles. The van der Waals surface area contributed by atoms with Crippen molar-refractivity contribution in [2.75, 3.05) is 7.05 Å². The van der Waals surface area contributed by atoms with Gasteiger partial charge in [-0.2, -0.15) is 0 Å². The van der Waals surface area contributed by atoms with Crippen LogP contribution in [0.15, 0.2) is 40.8 Å². The Bertz CT molecular complexity index is 773. The van der Waals surface area contributed by atoms with Crippen molar-refractivity contribution >= 4 is 22.9 Å². The van der Waals surface area contributed by atoms with Crippen molar-refractivity contribution in [3.63, 3.8) is 0 Å². The molecular formula is C14H14FN5S. The van der Waals surface area contributed by atoms with E-state index in [4.69, 9.17) is 0 Å². The number of fused-ring (bicyclic) bond motifs is 1. The predicted octanol–water partition coefficient (Wildman–Crippen LogP) is 2.92. The highest BCUT2D eigenvalue weighted by atomic mass is 32.2. The summed E-state index contributed by atoms with van der Waals surface area (Å²) in [7, 11) is 1.85. The third kappa shape index (κ3) is 2.62. The van der Waals surface area contributed by atoms with E-state index in [1.807, 2.05) is 20.0 Å². The number of hydrogen-bond acceptors (Lipinski definition) is 5. The van der Waals surface area contributed by atoms with Crippen molar-refractivity contribution in [2.45, 2.75) is 22.9 Å². The molecule has 0 bridgehead atoms. The van der Waals surface area contributed by atoms with Gasteiger partial charge in [-0.25, -0.2) is 19.3 Å². The van der Waals surface area contributed by atoms with Gasteiger partial charge in [0.2, 0.25) is 0 Å². The zero-order chi connectivity index (χ0) is 14.8. The van der Waals surface area contributed by atoms with E-state index in [1.165, 1.54) is 24.2 Å². The fraction of sp³-hybridized carbons (Fsp3) is 0.214. The number of nitrogens with one attached hydrogen (secondary N) is 2. The van der Waals surface area contributed by atoms with Crippen LogP contribution >= 0.6 is 11.8 Å². The summed E-state index contributed by atoms with van der Waals surface area (Å²) < 4.78 is 14.2. The summed E-state index contributed by atoms with van der Waals surface area (Å²) in [6, 6.07) is 5.13. The lowest BCUT2D eigenvalue weighted by Gasteiger charge is -2.15. The third-order valence-corrected chi connectivity index (χ3v) is 4.42. The van der Waals surface area contributed by atoms with Gasteiger partial charge < -0.3 is 10.3 Å². The van der Waals surface area contributed by atoms with Gasteiger partial charge in [-0.1, -0.05) is 23.9 Å². The number of nitrogens with zero attached hydrogens (tertiary/aromatic N) is 3. The van der Waals surface area contributed by atoms with Crippen LogP contribution in [-0.2, 0) is 0 Å². The van der Waals surface area contributed by atoms with Crippen LogP contribution in [0.3, 0.4) is 0 Å². The van der Waals surface area contributed by atoms with E-state index in [0.29, 0.717) is 21.1 Å². The molecule has 3 rings (SSSR count). The summed E-state index contributed by atoms with van der Waals surface area (Å²) in [5.74, 6) is -0.258. The highest BCUT2D eigenvalue weighted by Crippen LogP contribution is 2.36. The first-order valence-corrected chi connectivity index (χ1v) is 7.30. The Morgan fingerprint density at radius 1 is 1.29 bits per heavy atom. The largest absolute Gasteiger partial charge is 0.341 e. The third-order valence-electron chi connectivity index (χ3n) is 3.28. The average molecular weight is 303 g/mol. The molecule has 0 spiro atoms. The maximum Gasteiger partial charge on any atom is 0.181 e. The van der Waals surface area contributed by atoms with Crippen LogP contribution in [0.5, 0.6) is 0 Å². The molecule has 2 aromatic heterocycles. The number of benzene rings is 1. The molecule has 2 N–H and O–H groups in total. The van der Waals surface area contributed by atoms with Gasteiger partial charge in [0.25, 0.3) is 0 Å². The Balaban J connectivity index is 2.07. The maximum absolute atomic E-state index is 14.2. The fourth-order valence-corrected chi connectivity index (χ4v) is 3.12. The second-order valence-electron chi connectivity index (χ2n) is 4.55. The molecule has 0 amide bonds. The van der Waals surface area contributed by atoms with E-state index in [2.05, 4.69) is 25.3 Å². The number of rotatable bonds is 4. The second-order valence-corrected chi connectivity index (χ2v) is 5.55. The lowest BCUT2D eigenvalue weighted by atomic mass is 10.1. The van der Waals surface area contributed by atoms with E-state index in [0.717, 1.165) is 5.56 Å². The lowest BCUT2D eigenvalue weighted by Crippen LogP contribution is -2.13. The summed E-state index contributed by atoms with van der Waals surface area (Å²) in [6.07, 6.45) is 3.00. The van der Waals surface area contributed by atoms with Crippen LogP contribution < -0.4 is 5.32 Å². The van der Waals surface area contributed by atoms with Crippen LogP contribution in [0.4, 0.5) is 4.39 Å². The first-order valence-electron chi connectivity index (χ1n) is 6.48. The minimum Gasteiger partial charge on any atom is -0.341 e. The standard InChI is InChI=1S/C14H14FN5S/c1-8(16-2)9-4-3-5-10(15)12(9)21-14-11-13(18-6-17-11)19-7-20-14/h3-8,16H,1-2H3,(H,17,18,19,20). The normalized spacial score (nSPS) is 12.7. The van der Waals surface area contributed by atoms with Gasteiger partial charge in [0, 0.05) is 6.04 Å². The number of aromatic amines is 1. The summed E-state index contributed by atoms with van der Waals surface area (Å²) in [4.78, 5) is 16.0. The Hall–Kier alpha value is -1.99. The number of halogens is 1. The first-order chi connectivity index (χ1) is 10.2. The minimum absolute atomic E-state index is 0.0438. The zero-order valence-electron chi connectivity index (χ0n) is 11.6. The van der Waals surface area contributed by atoms with E-state index in [9.17, 15) is 4.39 Å². The molecule has 3 aromatic rings. The van der Waals surface area contributed by atoms with Crippen LogP contribution in [-0.4, -0.2) is 27.0 Å². The van der Waals surface area contributed by atoms with Gasteiger partial charge in [-0.15, -0.1) is 0 Å². The van der Waals surface area contributed by atoms with Crippen molar-refractivity contribution in [1.29, 1.82) is 0 Å². The van der Waals surface area contributed by atoms with Gasteiger partial charge in [0.05, 0.1) is 11.2 Å². The van der Waals surface area contributed by atoms with Crippen molar-refractivity contribution in [3.8, 4) is 0 Å². The summed E-state index contributed by atoms with van der Waals surface area (Å²) in [5.41, 5.74) is 2.19. The molecule has 21 heavy (non-hydrogen) atoms.